The molecule has 0 aliphatic heterocycles. The molecule has 14 heavy (non-hydrogen) atoms. The van der Waals surface area contributed by atoms with Crippen LogP contribution in [0.1, 0.15) is 25.5 Å². The number of nitrogens with zero attached hydrogens (tertiary/aromatic N) is 2. The van der Waals surface area contributed by atoms with Gasteiger partial charge in [-0.1, -0.05) is 13.8 Å². The van der Waals surface area contributed by atoms with Gasteiger partial charge in [0.15, 0.2) is 0 Å². The average molecular weight is 197 g/mol. The van der Waals surface area contributed by atoms with Crippen molar-refractivity contribution >= 4 is 0 Å². The Balaban J connectivity index is 2.32. The predicted octanol–water partition coefficient (Wildman–Crippen LogP) is 0.699. The second kappa shape index (κ2) is 5.12. The van der Waals surface area contributed by atoms with Gasteiger partial charge in [-0.3, -0.25) is 4.68 Å². The number of hydrogen-bond donors (Lipinski definition) is 2. The summed E-state index contributed by atoms with van der Waals surface area (Å²) < 4.78 is 1.70. The van der Waals surface area contributed by atoms with Crippen LogP contribution in [0.2, 0.25) is 0 Å². The quantitative estimate of drug-likeness (QED) is 0.730. The van der Waals surface area contributed by atoms with Gasteiger partial charge in [-0.25, -0.2) is 0 Å². The maximum absolute atomic E-state index is 9.73. The molecule has 0 radical (unpaired) electrons. The third-order valence-electron chi connectivity index (χ3n) is 2.00. The summed E-state index contributed by atoms with van der Waals surface area (Å²) in [5, 5.41) is 16.9. The molecule has 1 aromatic rings. The van der Waals surface area contributed by atoms with E-state index in [1.165, 1.54) is 0 Å². The molecule has 4 nitrogen and oxygen atoms in total. The number of aliphatic hydroxyl groups excluding tert-OH is 1. The van der Waals surface area contributed by atoms with Crippen LogP contribution in [0.4, 0.5) is 0 Å². The van der Waals surface area contributed by atoms with E-state index in [0.29, 0.717) is 12.5 Å². The Hall–Kier alpha value is -0.870. The summed E-state index contributed by atoms with van der Waals surface area (Å²) >= 11 is 0. The third kappa shape index (κ3) is 3.47. The number of nitrogens with one attached hydrogen (secondary N) is 1. The second-order valence-electron chi connectivity index (χ2n) is 4.02. The van der Waals surface area contributed by atoms with Crippen LogP contribution in [-0.4, -0.2) is 28.0 Å². The van der Waals surface area contributed by atoms with Crippen LogP contribution in [0, 0.1) is 5.92 Å². The topological polar surface area (TPSA) is 50.1 Å². The largest absolute Gasteiger partial charge is 0.387 e. The Morgan fingerprint density at radius 1 is 1.50 bits per heavy atom. The molecule has 1 heterocycles. The molecular weight excluding hydrogens is 178 g/mol. The lowest BCUT2D eigenvalue weighted by atomic mass is 10.2. The fraction of sp³-hybridized carbons (Fsp3) is 0.700. The lowest BCUT2D eigenvalue weighted by molar-refractivity contribution is 0.173. The number of rotatable bonds is 5. The van der Waals surface area contributed by atoms with Gasteiger partial charge in [-0.2, -0.15) is 5.10 Å². The van der Waals surface area contributed by atoms with Gasteiger partial charge >= 0.3 is 0 Å². The molecule has 0 aromatic carbocycles. The molecule has 1 unspecified atom stereocenters. The van der Waals surface area contributed by atoms with Crippen LogP contribution < -0.4 is 5.32 Å². The summed E-state index contributed by atoms with van der Waals surface area (Å²) in [6, 6.07) is 0. The fourth-order valence-corrected chi connectivity index (χ4v) is 1.24. The van der Waals surface area contributed by atoms with Crippen molar-refractivity contribution < 1.29 is 5.11 Å². The normalized spacial score (nSPS) is 13.5. The Labute approximate surface area is 84.9 Å². The van der Waals surface area contributed by atoms with E-state index in [9.17, 15) is 5.11 Å². The number of aromatic nitrogens is 2. The highest BCUT2D eigenvalue weighted by Gasteiger charge is 2.08. The SMILES string of the molecule is CC(C)CNCC(O)c1cnn(C)c1. The van der Waals surface area contributed by atoms with Gasteiger partial charge in [0.2, 0.25) is 0 Å². The van der Waals surface area contributed by atoms with Crippen LogP contribution in [0.5, 0.6) is 0 Å². The third-order valence-corrected chi connectivity index (χ3v) is 2.00. The van der Waals surface area contributed by atoms with Gasteiger partial charge in [0.1, 0.15) is 0 Å². The van der Waals surface area contributed by atoms with Gasteiger partial charge in [0, 0.05) is 25.4 Å². The van der Waals surface area contributed by atoms with Crippen LogP contribution in [0.25, 0.3) is 0 Å². The van der Waals surface area contributed by atoms with Crippen molar-refractivity contribution in [1.82, 2.24) is 15.1 Å². The van der Waals surface area contributed by atoms with E-state index in [4.69, 9.17) is 0 Å². The zero-order chi connectivity index (χ0) is 10.6. The molecular formula is C10H19N3O. The van der Waals surface area contributed by atoms with Crippen LogP contribution >= 0.6 is 0 Å². The van der Waals surface area contributed by atoms with Gasteiger partial charge in [0.05, 0.1) is 12.3 Å². The van der Waals surface area contributed by atoms with Crippen molar-refractivity contribution in [2.24, 2.45) is 13.0 Å². The summed E-state index contributed by atoms with van der Waals surface area (Å²) in [5.74, 6) is 0.607. The summed E-state index contributed by atoms with van der Waals surface area (Å²) in [7, 11) is 1.85. The lowest BCUT2D eigenvalue weighted by Crippen LogP contribution is -2.25. The average Bonchev–Trinajstić information content (AvgIpc) is 2.51. The van der Waals surface area contributed by atoms with Gasteiger partial charge in [0.25, 0.3) is 0 Å². The molecule has 0 saturated heterocycles. The highest BCUT2D eigenvalue weighted by molar-refractivity contribution is 5.07. The Kier molecular flexibility index (Phi) is 4.10. The summed E-state index contributed by atoms with van der Waals surface area (Å²) in [4.78, 5) is 0. The van der Waals surface area contributed by atoms with E-state index in [0.717, 1.165) is 12.1 Å². The van der Waals surface area contributed by atoms with E-state index in [1.54, 1.807) is 10.9 Å². The smallest absolute Gasteiger partial charge is 0.0944 e. The van der Waals surface area contributed by atoms with E-state index in [1.807, 2.05) is 13.2 Å². The first-order valence-corrected chi connectivity index (χ1v) is 4.97. The molecule has 0 fully saturated rings. The maximum atomic E-state index is 9.73. The van der Waals surface area contributed by atoms with Crippen molar-refractivity contribution in [3.63, 3.8) is 0 Å². The van der Waals surface area contributed by atoms with E-state index < -0.39 is 6.10 Å². The Morgan fingerprint density at radius 3 is 2.71 bits per heavy atom. The molecule has 1 aromatic heterocycles. The summed E-state index contributed by atoms with van der Waals surface area (Å²) in [6.45, 7) is 5.80. The Morgan fingerprint density at radius 2 is 2.21 bits per heavy atom. The molecule has 1 atom stereocenters. The van der Waals surface area contributed by atoms with E-state index >= 15 is 0 Å². The first kappa shape index (κ1) is 11.2. The second-order valence-corrected chi connectivity index (χ2v) is 4.02. The molecule has 4 heteroatoms. The highest BCUT2D eigenvalue weighted by Crippen LogP contribution is 2.09. The maximum Gasteiger partial charge on any atom is 0.0944 e. The van der Waals surface area contributed by atoms with Gasteiger partial charge in [-0.15, -0.1) is 0 Å². The highest BCUT2D eigenvalue weighted by atomic mass is 16.3. The molecule has 0 aliphatic carbocycles. The summed E-state index contributed by atoms with van der Waals surface area (Å²) in [6.07, 6.45) is 3.08. The Bertz CT molecular complexity index is 270. The lowest BCUT2D eigenvalue weighted by Gasteiger charge is -2.11. The van der Waals surface area contributed by atoms with Crippen LogP contribution in [0.3, 0.4) is 0 Å². The minimum atomic E-state index is -0.456. The first-order valence-electron chi connectivity index (χ1n) is 4.97. The van der Waals surface area contributed by atoms with Crippen molar-refractivity contribution in [2.75, 3.05) is 13.1 Å². The molecule has 80 valence electrons. The number of hydrogen-bond acceptors (Lipinski definition) is 3. The molecule has 0 amide bonds. The first-order chi connectivity index (χ1) is 6.59. The van der Waals surface area contributed by atoms with Crippen LogP contribution in [0.15, 0.2) is 12.4 Å². The molecule has 2 N–H and O–H groups in total. The van der Waals surface area contributed by atoms with Crippen LogP contribution in [-0.2, 0) is 7.05 Å². The minimum absolute atomic E-state index is 0.456. The molecule has 0 spiro atoms. The van der Waals surface area contributed by atoms with Crippen molar-refractivity contribution in [1.29, 1.82) is 0 Å². The predicted molar refractivity (Wildman–Crippen MR) is 55.9 cm³/mol. The van der Waals surface area contributed by atoms with Crippen molar-refractivity contribution in [3.05, 3.63) is 18.0 Å². The zero-order valence-electron chi connectivity index (χ0n) is 9.07. The zero-order valence-corrected chi connectivity index (χ0v) is 9.07. The fourth-order valence-electron chi connectivity index (χ4n) is 1.24. The van der Waals surface area contributed by atoms with Gasteiger partial charge in [-0.05, 0) is 12.5 Å². The standard InChI is InChI=1S/C10H19N3O/c1-8(2)4-11-6-10(14)9-5-12-13(3)7-9/h5,7-8,10-11,14H,4,6H2,1-3H3. The number of aliphatic hydroxyl groups is 1. The van der Waals surface area contributed by atoms with E-state index in [2.05, 4.69) is 24.3 Å². The molecule has 0 aliphatic rings. The number of aryl methyl sites for hydroxylation is 1. The molecule has 0 bridgehead atoms. The molecule has 0 saturated carbocycles. The molecule has 1 rings (SSSR count). The van der Waals surface area contributed by atoms with Crippen molar-refractivity contribution in [2.45, 2.75) is 20.0 Å². The van der Waals surface area contributed by atoms with Gasteiger partial charge < -0.3 is 10.4 Å². The summed E-state index contributed by atoms with van der Waals surface area (Å²) in [5.41, 5.74) is 0.865. The van der Waals surface area contributed by atoms with E-state index in [-0.39, 0.29) is 0 Å². The van der Waals surface area contributed by atoms with Crippen molar-refractivity contribution in [3.8, 4) is 0 Å². The monoisotopic (exact) mass is 197 g/mol. The minimum Gasteiger partial charge on any atom is -0.387 e.